The predicted molar refractivity (Wildman–Crippen MR) is 56.8 cm³/mol. The first-order valence-electron chi connectivity index (χ1n) is 4.65. The second kappa shape index (κ2) is 5.26. The number of carboxylic acids is 1. The summed E-state index contributed by atoms with van der Waals surface area (Å²) >= 11 is 0. The van der Waals surface area contributed by atoms with E-state index in [2.05, 4.69) is 0 Å². The van der Waals surface area contributed by atoms with Crippen LogP contribution in [0.25, 0.3) is 0 Å². The van der Waals surface area contributed by atoms with Gasteiger partial charge in [-0.1, -0.05) is 0 Å². The van der Waals surface area contributed by atoms with Crippen LogP contribution in [-0.4, -0.2) is 34.7 Å². The number of nitrogen functional groups attached to an aromatic ring is 1. The molecule has 1 atom stereocenters. The molecule has 5 N–H and O–H groups in total. The highest BCUT2D eigenvalue weighted by Gasteiger charge is 2.19. The van der Waals surface area contributed by atoms with Gasteiger partial charge in [0.15, 0.2) is 6.04 Å². The van der Waals surface area contributed by atoms with E-state index in [4.69, 9.17) is 15.9 Å². The highest BCUT2D eigenvalue weighted by molar-refractivity contribution is 5.96. The second-order valence-electron chi connectivity index (χ2n) is 3.28. The van der Waals surface area contributed by atoms with E-state index in [0.717, 1.165) is 6.07 Å². The molecule has 0 heterocycles. The number of carbonyl (C=O) groups is 2. The van der Waals surface area contributed by atoms with Crippen LogP contribution >= 0.6 is 0 Å². The highest BCUT2D eigenvalue weighted by atomic mass is 19.1. The van der Waals surface area contributed by atoms with Crippen LogP contribution in [0, 0.1) is 5.82 Å². The number of hydrogen-bond donors (Lipinski definition) is 4. The Bertz CT molecular complexity index is 450. The van der Waals surface area contributed by atoms with Crippen molar-refractivity contribution in [2.45, 2.75) is 6.04 Å². The number of nitrogens with two attached hydrogens (primary N) is 1. The van der Waals surface area contributed by atoms with Gasteiger partial charge in [-0.2, -0.15) is 0 Å². The number of nitrogens with one attached hydrogen (secondary N) is 1. The van der Waals surface area contributed by atoms with Crippen LogP contribution in [0.15, 0.2) is 18.2 Å². The molecular formula is C10H11FN2O4. The molecule has 0 aliphatic carbocycles. The first-order valence-corrected chi connectivity index (χ1v) is 4.65. The van der Waals surface area contributed by atoms with Gasteiger partial charge in [0, 0.05) is 5.56 Å². The first kappa shape index (κ1) is 12.9. The molecule has 17 heavy (non-hydrogen) atoms. The monoisotopic (exact) mass is 242 g/mol. The minimum atomic E-state index is -1.43. The molecule has 0 saturated carbocycles. The molecule has 0 saturated heterocycles. The SMILES string of the molecule is Nc1ccc(C(=O)N[C@H](CO)C(=O)O)cc1F. The van der Waals surface area contributed by atoms with Crippen LogP contribution in [0.5, 0.6) is 0 Å². The quantitative estimate of drug-likeness (QED) is 0.536. The van der Waals surface area contributed by atoms with Gasteiger partial charge < -0.3 is 21.3 Å². The maximum Gasteiger partial charge on any atom is 0.328 e. The third kappa shape index (κ3) is 3.15. The topological polar surface area (TPSA) is 113 Å². The van der Waals surface area contributed by atoms with Crippen LogP contribution in [0.2, 0.25) is 0 Å². The molecule has 6 nitrogen and oxygen atoms in total. The van der Waals surface area contributed by atoms with Gasteiger partial charge >= 0.3 is 5.97 Å². The van der Waals surface area contributed by atoms with Gasteiger partial charge in [0.05, 0.1) is 12.3 Å². The lowest BCUT2D eigenvalue weighted by molar-refractivity contribution is -0.140. The minimum absolute atomic E-state index is 0.0728. The van der Waals surface area contributed by atoms with Crippen molar-refractivity contribution in [3.05, 3.63) is 29.6 Å². The smallest absolute Gasteiger partial charge is 0.328 e. The lowest BCUT2D eigenvalue weighted by Crippen LogP contribution is -2.43. The van der Waals surface area contributed by atoms with Gasteiger partial charge in [0.2, 0.25) is 0 Å². The number of carboxylic acid groups (broad SMARTS) is 1. The number of aliphatic hydroxyl groups is 1. The van der Waals surface area contributed by atoms with E-state index >= 15 is 0 Å². The molecule has 1 amide bonds. The molecule has 1 rings (SSSR count). The van der Waals surface area contributed by atoms with E-state index in [1.54, 1.807) is 0 Å². The Labute approximate surface area is 95.9 Å². The van der Waals surface area contributed by atoms with E-state index in [9.17, 15) is 14.0 Å². The summed E-state index contributed by atoms with van der Waals surface area (Å²) in [5.41, 5.74) is 5.04. The Kier molecular flexibility index (Phi) is 4.00. The number of anilines is 1. The summed E-state index contributed by atoms with van der Waals surface area (Å²) < 4.78 is 13.0. The maximum absolute atomic E-state index is 13.0. The Balaban J connectivity index is 2.82. The van der Waals surface area contributed by atoms with Crippen LogP contribution in [-0.2, 0) is 4.79 Å². The van der Waals surface area contributed by atoms with E-state index in [1.807, 2.05) is 5.32 Å². The molecule has 1 aromatic rings. The number of aliphatic carboxylic acids is 1. The van der Waals surface area contributed by atoms with Crippen molar-refractivity contribution >= 4 is 17.6 Å². The zero-order valence-electron chi connectivity index (χ0n) is 8.68. The van der Waals surface area contributed by atoms with Crippen molar-refractivity contribution in [2.75, 3.05) is 12.3 Å². The van der Waals surface area contributed by atoms with E-state index < -0.39 is 30.3 Å². The molecular weight excluding hydrogens is 231 g/mol. The molecule has 0 bridgehead atoms. The lowest BCUT2D eigenvalue weighted by atomic mass is 10.1. The van der Waals surface area contributed by atoms with Crippen molar-refractivity contribution in [3.8, 4) is 0 Å². The molecule has 0 spiro atoms. The summed E-state index contributed by atoms with van der Waals surface area (Å²) in [6, 6.07) is 1.91. The fourth-order valence-corrected chi connectivity index (χ4v) is 1.10. The maximum atomic E-state index is 13.0. The van der Waals surface area contributed by atoms with Gasteiger partial charge in [0.25, 0.3) is 5.91 Å². The Morgan fingerprint density at radius 2 is 2.12 bits per heavy atom. The van der Waals surface area contributed by atoms with Crippen LogP contribution < -0.4 is 11.1 Å². The molecule has 0 fully saturated rings. The number of carbonyl (C=O) groups excluding carboxylic acids is 1. The van der Waals surface area contributed by atoms with Crippen molar-refractivity contribution < 1.29 is 24.2 Å². The van der Waals surface area contributed by atoms with Crippen molar-refractivity contribution in [1.29, 1.82) is 0 Å². The fraction of sp³-hybridized carbons (Fsp3) is 0.200. The summed E-state index contributed by atoms with van der Waals surface area (Å²) in [6.45, 7) is -0.751. The minimum Gasteiger partial charge on any atom is -0.480 e. The van der Waals surface area contributed by atoms with Crippen LogP contribution in [0.4, 0.5) is 10.1 Å². The molecule has 7 heteroatoms. The number of benzene rings is 1. The van der Waals surface area contributed by atoms with Gasteiger partial charge in [-0.25, -0.2) is 9.18 Å². The fourth-order valence-electron chi connectivity index (χ4n) is 1.10. The van der Waals surface area contributed by atoms with Gasteiger partial charge in [-0.15, -0.1) is 0 Å². The number of halogens is 1. The van der Waals surface area contributed by atoms with Gasteiger partial charge in [-0.05, 0) is 18.2 Å². The molecule has 0 aromatic heterocycles. The average molecular weight is 242 g/mol. The Morgan fingerprint density at radius 1 is 1.47 bits per heavy atom. The second-order valence-corrected chi connectivity index (χ2v) is 3.28. The first-order chi connectivity index (χ1) is 7.95. The summed E-state index contributed by atoms with van der Waals surface area (Å²) in [5.74, 6) is -2.95. The third-order valence-electron chi connectivity index (χ3n) is 2.05. The Hall–Kier alpha value is -2.15. The average Bonchev–Trinajstić information content (AvgIpc) is 2.28. The van der Waals surface area contributed by atoms with Crippen molar-refractivity contribution in [2.24, 2.45) is 0 Å². The predicted octanol–water partition coefficient (Wildman–Crippen LogP) is -0.417. The third-order valence-corrected chi connectivity index (χ3v) is 2.05. The Morgan fingerprint density at radius 3 is 2.59 bits per heavy atom. The van der Waals surface area contributed by atoms with Crippen molar-refractivity contribution in [1.82, 2.24) is 5.32 Å². The van der Waals surface area contributed by atoms with E-state index in [0.29, 0.717) is 0 Å². The number of amides is 1. The molecule has 0 aliphatic heterocycles. The van der Waals surface area contributed by atoms with E-state index in [1.165, 1.54) is 12.1 Å². The van der Waals surface area contributed by atoms with Crippen LogP contribution in [0.3, 0.4) is 0 Å². The van der Waals surface area contributed by atoms with Crippen molar-refractivity contribution in [3.63, 3.8) is 0 Å². The molecule has 92 valence electrons. The molecule has 0 radical (unpaired) electrons. The number of hydrogen-bond acceptors (Lipinski definition) is 4. The van der Waals surface area contributed by atoms with Crippen LogP contribution in [0.1, 0.15) is 10.4 Å². The highest BCUT2D eigenvalue weighted by Crippen LogP contribution is 2.11. The zero-order chi connectivity index (χ0) is 13.0. The normalized spacial score (nSPS) is 11.9. The molecule has 0 unspecified atom stereocenters. The zero-order valence-corrected chi connectivity index (χ0v) is 8.68. The standard InChI is InChI=1S/C10H11FN2O4/c11-6-3-5(1-2-7(6)12)9(15)13-8(4-14)10(16)17/h1-3,8,14H,4,12H2,(H,13,15)(H,16,17)/t8-/m1/s1. The van der Waals surface area contributed by atoms with Gasteiger partial charge in [0.1, 0.15) is 5.82 Å². The summed E-state index contributed by atoms with van der Waals surface area (Å²) in [7, 11) is 0. The van der Waals surface area contributed by atoms with E-state index in [-0.39, 0.29) is 11.3 Å². The van der Waals surface area contributed by atoms with Gasteiger partial charge in [-0.3, -0.25) is 4.79 Å². The molecule has 0 aliphatic rings. The summed E-state index contributed by atoms with van der Waals surface area (Å²) in [4.78, 5) is 22.0. The lowest BCUT2D eigenvalue weighted by Gasteiger charge is -2.11. The summed E-state index contributed by atoms with van der Waals surface area (Å²) in [6.07, 6.45) is 0. The largest absolute Gasteiger partial charge is 0.480 e. The number of aliphatic hydroxyl groups excluding tert-OH is 1. The number of rotatable bonds is 4. The molecule has 1 aromatic carbocycles. The summed E-state index contributed by atoms with van der Waals surface area (Å²) in [5, 5.41) is 19.3.